The molecular weight excluding hydrogens is 332 g/mol. The summed E-state index contributed by atoms with van der Waals surface area (Å²) < 4.78 is 28.2. The lowest BCUT2D eigenvalue weighted by Crippen LogP contribution is -2.39. The predicted octanol–water partition coefficient (Wildman–Crippen LogP) is 2.27. The first kappa shape index (κ1) is 17.1. The van der Waals surface area contributed by atoms with E-state index in [4.69, 9.17) is 5.11 Å². The van der Waals surface area contributed by atoms with Gasteiger partial charge in [0.15, 0.2) is 0 Å². The van der Waals surface area contributed by atoms with Crippen molar-refractivity contribution in [1.29, 1.82) is 0 Å². The Bertz CT molecular complexity index is 806. The highest BCUT2D eigenvalue weighted by Crippen LogP contribution is 2.27. The summed E-state index contributed by atoms with van der Waals surface area (Å²) in [6, 6.07) is 4.64. The van der Waals surface area contributed by atoms with Crippen LogP contribution in [0.1, 0.15) is 34.8 Å². The van der Waals surface area contributed by atoms with Crippen LogP contribution < -0.4 is 0 Å². The number of rotatable bonds is 4. The van der Waals surface area contributed by atoms with Crippen LogP contribution in [0.5, 0.6) is 0 Å². The third-order valence-electron chi connectivity index (χ3n) is 4.25. The fourth-order valence-corrected chi connectivity index (χ4v) is 3.06. The van der Waals surface area contributed by atoms with Crippen LogP contribution in [-0.2, 0) is 11.3 Å². The molecule has 1 aliphatic heterocycles. The molecule has 8 heteroatoms. The highest BCUT2D eigenvalue weighted by Gasteiger charge is 2.28. The highest BCUT2D eigenvalue weighted by atomic mass is 19.1. The molecule has 0 spiro atoms. The molecule has 25 heavy (non-hydrogen) atoms. The molecule has 6 nitrogen and oxygen atoms in total. The maximum absolute atomic E-state index is 13.8. The first-order valence-corrected chi connectivity index (χ1v) is 7.93. The molecular formula is C17H17F2N3O3. The number of carbonyl (C=O) groups excluding carboxylic acids is 1. The quantitative estimate of drug-likeness (QED) is 0.919. The summed E-state index contributed by atoms with van der Waals surface area (Å²) >= 11 is 0. The molecule has 0 saturated carbocycles. The summed E-state index contributed by atoms with van der Waals surface area (Å²) in [6.07, 6.45) is 3.12. The van der Waals surface area contributed by atoms with Crippen molar-refractivity contribution in [3.63, 3.8) is 0 Å². The van der Waals surface area contributed by atoms with Gasteiger partial charge in [-0.2, -0.15) is 5.10 Å². The van der Waals surface area contributed by atoms with E-state index in [1.807, 2.05) is 0 Å². The lowest BCUT2D eigenvalue weighted by molar-refractivity contribution is -0.137. The van der Waals surface area contributed by atoms with E-state index in [0.29, 0.717) is 24.8 Å². The van der Waals surface area contributed by atoms with Crippen LogP contribution in [-0.4, -0.2) is 44.8 Å². The molecule has 1 saturated heterocycles. The van der Waals surface area contributed by atoms with Crippen LogP contribution >= 0.6 is 0 Å². The summed E-state index contributed by atoms with van der Waals surface area (Å²) in [5.74, 6) is -3.11. The molecule has 1 amide bonds. The summed E-state index contributed by atoms with van der Waals surface area (Å²) in [5, 5.41) is 13.0. The summed E-state index contributed by atoms with van der Waals surface area (Å²) in [5.41, 5.74) is 0.553. The lowest BCUT2D eigenvalue weighted by Gasteiger charge is -2.32. The Labute approximate surface area is 142 Å². The minimum atomic E-state index is -0.984. The zero-order valence-electron chi connectivity index (χ0n) is 13.4. The Hall–Kier alpha value is -2.77. The van der Waals surface area contributed by atoms with Gasteiger partial charge in [0, 0.05) is 31.3 Å². The Balaban J connectivity index is 1.73. The Morgan fingerprint density at radius 3 is 2.80 bits per heavy atom. The van der Waals surface area contributed by atoms with Crippen molar-refractivity contribution in [3.8, 4) is 0 Å². The maximum atomic E-state index is 13.8. The number of amides is 1. The van der Waals surface area contributed by atoms with Crippen molar-refractivity contribution in [2.75, 3.05) is 13.1 Å². The van der Waals surface area contributed by atoms with Crippen molar-refractivity contribution < 1.29 is 23.5 Å². The number of aromatic nitrogens is 2. The minimum Gasteiger partial charge on any atom is -0.480 e. The van der Waals surface area contributed by atoms with Gasteiger partial charge in [-0.25, -0.2) is 8.78 Å². The van der Waals surface area contributed by atoms with E-state index in [1.165, 1.54) is 9.58 Å². The van der Waals surface area contributed by atoms with Gasteiger partial charge in [-0.1, -0.05) is 0 Å². The normalized spacial score (nSPS) is 17.5. The van der Waals surface area contributed by atoms with Crippen molar-refractivity contribution in [1.82, 2.24) is 14.7 Å². The van der Waals surface area contributed by atoms with Gasteiger partial charge in [0.25, 0.3) is 5.91 Å². The number of benzene rings is 1. The van der Waals surface area contributed by atoms with E-state index >= 15 is 0 Å². The second-order valence-electron chi connectivity index (χ2n) is 6.05. The fourth-order valence-electron chi connectivity index (χ4n) is 3.06. The molecule has 1 aromatic carbocycles. The molecule has 1 aromatic heterocycles. The summed E-state index contributed by atoms with van der Waals surface area (Å²) in [7, 11) is 0. The van der Waals surface area contributed by atoms with Crippen molar-refractivity contribution >= 4 is 11.9 Å². The number of carboxylic acids is 1. The molecule has 3 rings (SSSR count). The smallest absolute Gasteiger partial charge is 0.325 e. The van der Waals surface area contributed by atoms with Crippen molar-refractivity contribution in [2.24, 2.45) is 0 Å². The molecule has 1 fully saturated rings. The third-order valence-corrected chi connectivity index (χ3v) is 4.25. The van der Waals surface area contributed by atoms with Crippen LogP contribution in [0.2, 0.25) is 0 Å². The van der Waals surface area contributed by atoms with Gasteiger partial charge in [-0.3, -0.25) is 14.3 Å². The predicted molar refractivity (Wildman–Crippen MR) is 84.1 cm³/mol. The largest absolute Gasteiger partial charge is 0.480 e. The molecule has 0 unspecified atom stereocenters. The standard InChI is InChI=1S/C17H17F2N3O3/c18-12-3-4-13(14(19)8-12)17(25)21-6-1-2-11(9-21)15-5-7-22(20-15)10-16(23)24/h3-5,7-8,11H,1-2,6,9-10H2,(H,23,24)/t11-/m0/s1. The van der Waals surface area contributed by atoms with Crippen molar-refractivity contribution in [2.45, 2.75) is 25.3 Å². The topological polar surface area (TPSA) is 75.4 Å². The second kappa shape index (κ2) is 7.00. The first-order chi connectivity index (χ1) is 11.9. The fraction of sp³-hybridized carbons (Fsp3) is 0.353. The van der Waals surface area contributed by atoms with Gasteiger partial charge in [-0.15, -0.1) is 0 Å². The summed E-state index contributed by atoms with van der Waals surface area (Å²) in [6.45, 7) is 0.623. The SMILES string of the molecule is O=C(O)Cn1ccc([C@H]2CCCN(C(=O)c3ccc(F)cc3F)C2)n1. The lowest BCUT2D eigenvalue weighted by atomic mass is 9.94. The van der Waals surface area contributed by atoms with E-state index < -0.39 is 23.5 Å². The van der Waals surface area contributed by atoms with Crippen LogP contribution in [0, 0.1) is 11.6 Å². The minimum absolute atomic E-state index is 0.0451. The van der Waals surface area contributed by atoms with Crippen LogP contribution in [0.3, 0.4) is 0 Å². The number of piperidine rings is 1. The Kier molecular flexibility index (Phi) is 4.78. The number of aliphatic carboxylic acids is 1. The molecule has 132 valence electrons. The number of carbonyl (C=O) groups is 2. The molecule has 0 radical (unpaired) electrons. The van der Waals surface area contributed by atoms with E-state index in [1.54, 1.807) is 12.3 Å². The highest BCUT2D eigenvalue weighted by molar-refractivity contribution is 5.94. The van der Waals surface area contributed by atoms with E-state index in [-0.39, 0.29) is 18.0 Å². The average Bonchev–Trinajstić information content (AvgIpc) is 3.02. The number of carboxylic acid groups (broad SMARTS) is 1. The van der Waals surface area contributed by atoms with Gasteiger partial charge in [0.2, 0.25) is 0 Å². The number of halogens is 2. The van der Waals surface area contributed by atoms with E-state index in [9.17, 15) is 18.4 Å². The van der Waals surface area contributed by atoms with Gasteiger partial charge >= 0.3 is 5.97 Å². The number of hydrogen-bond donors (Lipinski definition) is 1. The van der Waals surface area contributed by atoms with E-state index in [2.05, 4.69) is 5.10 Å². The molecule has 2 aromatic rings. The van der Waals surface area contributed by atoms with Gasteiger partial charge in [0.1, 0.15) is 18.2 Å². The zero-order chi connectivity index (χ0) is 18.0. The zero-order valence-corrected chi connectivity index (χ0v) is 13.4. The molecule has 1 N–H and O–H groups in total. The molecule has 0 bridgehead atoms. The van der Waals surface area contributed by atoms with E-state index in [0.717, 1.165) is 25.0 Å². The molecule has 1 atom stereocenters. The maximum Gasteiger partial charge on any atom is 0.325 e. The van der Waals surface area contributed by atoms with Crippen LogP contribution in [0.15, 0.2) is 30.5 Å². The monoisotopic (exact) mass is 349 g/mol. The number of likely N-dealkylation sites (tertiary alicyclic amines) is 1. The number of nitrogens with zero attached hydrogens (tertiary/aromatic N) is 3. The molecule has 2 heterocycles. The van der Waals surface area contributed by atoms with Gasteiger partial charge in [-0.05, 0) is 31.0 Å². The van der Waals surface area contributed by atoms with Crippen molar-refractivity contribution in [3.05, 3.63) is 53.4 Å². The molecule has 1 aliphatic rings. The van der Waals surface area contributed by atoms with Gasteiger partial charge < -0.3 is 10.0 Å². The Morgan fingerprint density at radius 2 is 2.08 bits per heavy atom. The number of hydrogen-bond acceptors (Lipinski definition) is 3. The third kappa shape index (κ3) is 3.84. The molecule has 0 aliphatic carbocycles. The van der Waals surface area contributed by atoms with Gasteiger partial charge in [0.05, 0.1) is 11.3 Å². The van der Waals surface area contributed by atoms with Crippen LogP contribution in [0.4, 0.5) is 8.78 Å². The average molecular weight is 349 g/mol. The van der Waals surface area contributed by atoms with Crippen LogP contribution in [0.25, 0.3) is 0 Å². The first-order valence-electron chi connectivity index (χ1n) is 7.93. The summed E-state index contributed by atoms with van der Waals surface area (Å²) in [4.78, 5) is 24.8. The Morgan fingerprint density at radius 1 is 1.28 bits per heavy atom. The second-order valence-corrected chi connectivity index (χ2v) is 6.05.